The van der Waals surface area contributed by atoms with Gasteiger partial charge < -0.3 is 10.2 Å². The zero-order chi connectivity index (χ0) is 19.7. The van der Waals surface area contributed by atoms with Gasteiger partial charge in [-0.2, -0.15) is 0 Å². The number of amides is 3. The van der Waals surface area contributed by atoms with E-state index in [2.05, 4.69) is 5.32 Å². The first-order chi connectivity index (χ1) is 13.6. The number of piperazine rings is 1. The van der Waals surface area contributed by atoms with E-state index >= 15 is 0 Å². The summed E-state index contributed by atoms with van der Waals surface area (Å²) in [6.07, 6.45) is 0.0390. The second-order valence-corrected chi connectivity index (χ2v) is 6.92. The molecule has 29 heavy (non-hydrogen) atoms. The van der Waals surface area contributed by atoms with Gasteiger partial charge in [0.25, 0.3) is 11.8 Å². The largest absolute Gasteiger partial charge is 0.333 e. The summed E-state index contributed by atoms with van der Waals surface area (Å²) in [5.74, 6) is -1.24. The molecule has 6 nitrogen and oxygen atoms in total. The Morgan fingerprint density at radius 3 is 2.41 bits per heavy atom. The summed E-state index contributed by atoms with van der Waals surface area (Å²) in [5, 5.41) is 3.23. The Labute approximate surface area is 174 Å². The van der Waals surface area contributed by atoms with Crippen molar-refractivity contribution >= 4 is 30.1 Å². The molecule has 1 saturated heterocycles. The van der Waals surface area contributed by atoms with Crippen molar-refractivity contribution in [1.82, 2.24) is 15.1 Å². The van der Waals surface area contributed by atoms with Gasteiger partial charge in [-0.05, 0) is 29.8 Å². The standard InChI is InChI=1S/C21H20FN3O3.ClH/c22-15-5-3-4-14(12-15)18-13-23-9-11-24(18)19(26)8-10-25-20(27)16-6-1-2-7-17(16)21(25)28;/h1-7,12,18,23H,8-11,13H2;1H. The molecule has 2 aliphatic rings. The maximum Gasteiger partial charge on any atom is 0.261 e. The first-order valence-corrected chi connectivity index (χ1v) is 9.27. The molecule has 1 unspecified atom stereocenters. The lowest BCUT2D eigenvalue weighted by Crippen LogP contribution is -2.49. The first-order valence-electron chi connectivity index (χ1n) is 9.27. The molecule has 2 aromatic rings. The Bertz CT molecular complexity index is 917. The SMILES string of the molecule is Cl.O=C1c2ccccc2C(=O)N1CCC(=O)N1CCNCC1c1cccc(F)c1. The van der Waals surface area contributed by atoms with Crippen molar-refractivity contribution < 1.29 is 18.8 Å². The fourth-order valence-corrected chi connectivity index (χ4v) is 3.81. The number of nitrogens with one attached hydrogen (secondary N) is 1. The fraction of sp³-hybridized carbons (Fsp3) is 0.286. The third-order valence-electron chi connectivity index (χ3n) is 5.22. The van der Waals surface area contributed by atoms with Crippen LogP contribution in [-0.4, -0.2) is 53.7 Å². The Hall–Kier alpha value is -2.77. The lowest BCUT2D eigenvalue weighted by atomic mass is 10.0. The minimum atomic E-state index is -0.365. The smallest absolute Gasteiger partial charge is 0.261 e. The van der Waals surface area contributed by atoms with Crippen molar-refractivity contribution in [2.75, 3.05) is 26.2 Å². The number of carbonyl (C=O) groups excluding carboxylic acids is 3. The van der Waals surface area contributed by atoms with Crippen LogP contribution in [0.4, 0.5) is 4.39 Å². The van der Waals surface area contributed by atoms with Crippen LogP contribution < -0.4 is 5.32 Å². The Morgan fingerprint density at radius 2 is 1.76 bits per heavy atom. The van der Waals surface area contributed by atoms with Crippen molar-refractivity contribution in [3.63, 3.8) is 0 Å². The summed E-state index contributed by atoms with van der Waals surface area (Å²) in [5.41, 5.74) is 1.47. The number of benzene rings is 2. The minimum absolute atomic E-state index is 0. The van der Waals surface area contributed by atoms with Gasteiger partial charge in [-0.25, -0.2) is 4.39 Å². The van der Waals surface area contributed by atoms with E-state index in [1.165, 1.54) is 12.1 Å². The molecule has 2 aliphatic heterocycles. The van der Waals surface area contributed by atoms with E-state index in [0.717, 1.165) is 10.5 Å². The maximum absolute atomic E-state index is 13.6. The molecule has 0 radical (unpaired) electrons. The molecule has 2 aromatic carbocycles. The normalized spacial score (nSPS) is 18.4. The number of hydrogen-bond acceptors (Lipinski definition) is 4. The van der Waals surface area contributed by atoms with Crippen LogP contribution in [0.2, 0.25) is 0 Å². The van der Waals surface area contributed by atoms with Gasteiger partial charge in [0.05, 0.1) is 17.2 Å². The molecule has 152 valence electrons. The number of nitrogens with zero attached hydrogens (tertiary/aromatic N) is 2. The lowest BCUT2D eigenvalue weighted by Gasteiger charge is -2.37. The van der Waals surface area contributed by atoms with Crippen LogP contribution >= 0.6 is 12.4 Å². The topological polar surface area (TPSA) is 69.7 Å². The molecule has 3 amide bonds. The molecule has 0 saturated carbocycles. The van der Waals surface area contributed by atoms with E-state index < -0.39 is 0 Å². The fourth-order valence-electron chi connectivity index (χ4n) is 3.81. The van der Waals surface area contributed by atoms with Crippen molar-refractivity contribution in [1.29, 1.82) is 0 Å². The molecular formula is C21H21ClFN3O3. The van der Waals surface area contributed by atoms with Gasteiger partial charge in [0.1, 0.15) is 5.82 Å². The third kappa shape index (κ3) is 4.02. The highest BCUT2D eigenvalue weighted by atomic mass is 35.5. The first kappa shape index (κ1) is 21.0. The van der Waals surface area contributed by atoms with Crippen LogP contribution in [-0.2, 0) is 4.79 Å². The van der Waals surface area contributed by atoms with Gasteiger partial charge in [-0.15, -0.1) is 12.4 Å². The molecule has 0 bridgehead atoms. The molecule has 0 aliphatic carbocycles. The van der Waals surface area contributed by atoms with Gasteiger partial charge in [0, 0.05) is 32.6 Å². The molecule has 1 N–H and O–H groups in total. The summed E-state index contributed by atoms with van der Waals surface area (Å²) in [6.45, 7) is 1.69. The summed E-state index contributed by atoms with van der Waals surface area (Å²) >= 11 is 0. The van der Waals surface area contributed by atoms with Crippen LogP contribution in [0.5, 0.6) is 0 Å². The molecule has 4 rings (SSSR count). The molecule has 1 fully saturated rings. The predicted molar refractivity (Wildman–Crippen MR) is 107 cm³/mol. The second-order valence-electron chi connectivity index (χ2n) is 6.92. The van der Waals surface area contributed by atoms with Crippen molar-refractivity contribution in [3.8, 4) is 0 Å². The quantitative estimate of drug-likeness (QED) is 0.775. The Balaban J connectivity index is 0.00000240. The third-order valence-corrected chi connectivity index (χ3v) is 5.22. The monoisotopic (exact) mass is 417 g/mol. The minimum Gasteiger partial charge on any atom is -0.333 e. The number of hydrogen-bond donors (Lipinski definition) is 1. The molecule has 2 heterocycles. The van der Waals surface area contributed by atoms with E-state index in [9.17, 15) is 18.8 Å². The summed E-state index contributed by atoms with van der Waals surface area (Å²) in [7, 11) is 0. The highest BCUT2D eigenvalue weighted by Gasteiger charge is 2.36. The van der Waals surface area contributed by atoms with Gasteiger partial charge in [-0.3, -0.25) is 19.3 Å². The van der Waals surface area contributed by atoms with E-state index in [-0.39, 0.29) is 55.0 Å². The second kappa shape index (κ2) is 8.71. The van der Waals surface area contributed by atoms with Crippen LogP contribution in [0.1, 0.15) is 38.7 Å². The average Bonchev–Trinajstić information content (AvgIpc) is 2.96. The van der Waals surface area contributed by atoms with E-state index in [0.29, 0.717) is 30.8 Å². The van der Waals surface area contributed by atoms with Gasteiger partial charge >= 0.3 is 0 Å². The maximum atomic E-state index is 13.6. The summed E-state index contributed by atoms with van der Waals surface area (Å²) < 4.78 is 13.6. The molecule has 1 atom stereocenters. The number of imide groups is 1. The van der Waals surface area contributed by atoms with Gasteiger partial charge in [0.15, 0.2) is 0 Å². The average molecular weight is 418 g/mol. The van der Waals surface area contributed by atoms with Crippen LogP contribution in [0.3, 0.4) is 0 Å². The van der Waals surface area contributed by atoms with E-state index in [4.69, 9.17) is 0 Å². The van der Waals surface area contributed by atoms with Gasteiger partial charge in [0.2, 0.25) is 5.91 Å². The number of halogens is 2. The highest BCUT2D eigenvalue weighted by Crippen LogP contribution is 2.25. The number of fused-ring (bicyclic) bond motifs is 1. The van der Waals surface area contributed by atoms with E-state index in [1.54, 1.807) is 41.3 Å². The Kier molecular flexibility index (Phi) is 6.30. The number of rotatable bonds is 4. The zero-order valence-corrected chi connectivity index (χ0v) is 16.5. The van der Waals surface area contributed by atoms with Gasteiger partial charge in [-0.1, -0.05) is 24.3 Å². The van der Waals surface area contributed by atoms with Crippen molar-refractivity contribution in [2.45, 2.75) is 12.5 Å². The highest BCUT2D eigenvalue weighted by molar-refractivity contribution is 6.21. The lowest BCUT2D eigenvalue weighted by molar-refractivity contribution is -0.134. The van der Waals surface area contributed by atoms with Crippen LogP contribution in [0, 0.1) is 5.82 Å². The Morgan fingerprint density at radius 1 is 1.07 bits per heavy atom. The molecule has 8 heteroatoms. The van der Waals surface area contributed by atoms with Crippen molar-refractivity contribution in [3.05, 3.63) is 71.0 Å². The predicted octanol–water partition coefficient (Wildman–Crippen LogP) is 2.41. The van der Waals surface area contributed by atoms with Crippen LogP contribution in [0.25, 0.3) is 0 Å². The number of carbonyl (C=O) groups is 3. The molecule has 0 spiro atoms. The van der Waals surface area contributed by atoms with E-state index in [1.807, 2.05) is 0 Å². The zero-order valence-electron chi connectivity index (χ0n) is 15.6. The van der Waals surface area contributed by atoms with Crippen molar-refractivity contribution in [2.24, 2.45) is 0 Å². The molecular weight excluding hydrogens is 397 g/mol. The molecule has 0 aromatic heterocycles. The van der Waals surface area contributed by atoms with Crippen LogP contribution in [0.15, 0.2) is 48.5 Å². The summed E-state index contributed by atoms with van der Waals surface area (Å²) in [4.78, 5) is 40.6. The summed E-state index contributed by atoms with van der Waals surface area (Å²) in [6, 6.07) is 12.6.